The number of hydrogen-bond acceptors (Lipinski definition) is 0. The van der Waals surface area contributed by atoms with Crippen LogP contribution in [0.5, 0.6) is 0 Å². The van der Waals surface area contributed by atoms with Crippen LogP contribution in [-0.2, 0) is 0 Å². The first-order valence-corrected chi connectivity index (χ1v) is 5.44. The molecule has 1 unspecified atom stereocenters. The van der Waals surface area contributed by atoms with Crippen LogP contribution < -0.4 is 0 Å². The zero-order chi connectivity index (χ0) is 9.84. The van der Waals surface area contributed by atoms with E-state index in [-0.39, 0.29) is 0 Å². The van der Waals surface area contributed by atoms with Crippen LogP contribution in [-0.4, -0.2) is 5.88 Å². The van der Waals surface area contributed by atoms with Crippen LogP contribution in [0.3, 0.4) is 0 Å². The molecule has 3 heteroatoms. The summed E-state index contributed by atoms with van der Waals surface area (Å²) in [5.74, 6) is 1.07. The van der Waals surface area contributed by atoms with Gasteiger partial charge in [0, 0.05) is 15.9 Å². The van der Waals surface area contributed by atoms with Crippen molar-refractivity contribution in [3.05, 3.63) is 33.8 Å². The molecule has 0 nitrogen and oxygen atoms in total. The van der Waals surface area contributed by atoms with Gasteiger partial charge in [-0.25, -0.2) is 0 Å². The minimum Gasteiger partial charge on any atom is -0.127 e. The summed E-state index contributed by atoms with van der Waals surface area (Å²) in [5.41, 5.74) is 1.15. The minimum atomic E-state index is 0.411. The first-order chi connectivity index (χ1) is 6.13. The van der Waals surface area contributed by atoms with Crippen LogP contribution in [0.2, 0.25) is 10.0 Å². The van der Waals surface area contributed by atoms with Gasteiger partial charge in [-0.15, -0.1) is 11.6 Å². The maximum Gasteiger partial charge on any atom is 0.0423 e. The highest BCUT2D eigenvalue weighted by Gasteiger charge is 2.06. The molecule has 0 fully saturated rings. The molecular weight excluding hydrogens is 226 g/mol. The summed E-state index contributed by atoms with van der Waals surface area (Å²) in [7, 11) is 0. The fraction of sp³-hybridized carbons (Fsp3) is 0.400. The monoisotopic (exact) mass is 236 g/mol. The molecule has 0 bridgehead atoms. The van der Waals surface area contributed by atoms with Gasteiger partial charge < -0.3 is 0 Å². The molecule has 0 saturated heterocycles. The minimum absolute atomic E-state index is 0.411. The van der Waals surface area contributed by atoms with Crippen molar-refractivity contribution in [2.45, 2.75) is 19.3 Å². The zero-order valence-electron chi connectivity index (χ0n) is 7.36. The van der Waals surface area contributed by atoms with E-state index in [2.05, 4.69) is 6.92 Å². The lowest BCUT2D eigenvalue weighted by atomic mass is 9.99. The van der Waals surface area contributed by atoms with Crippen LogP contribution in [0.4, 0.5) is 0 Å². The Labute approximate surface area is 93.8 Å². The lowest BCUT2D eigenvalue weighted by Gasteiger charge is -2.10. The predicted octanol–water partition coefficient (Wildman–Crippen LogP) is 4.73. The third kappa shape index (κ3) is 3.38. The highest BCUT2D eigenvalue weighted by Crippen LogP contribution is 2.26. The van der Waals surface area contributed by atoms with Gasteiger partial charge in [-0.05, 0) is 36.1 Å². The van der Waals surface area contributed by atoms with E-state index in [1.165, 1.54) is 0 Å². The largest absolute Gasteiger partial charge is 0.127 e. The van der Waals surface area contributed by atoms with Crippen molar-refractivity contribution in [2.24, 2.45) is 0 Å². The molecule has 0 radical (unpaired) electrons. The molecule has 1 aromatic carbocycles. The van der Waals surface area contributed by atoms with Gasteiger partial charge in [0.05, 0.1) is 0 Å². The lowest BCUT2D eigenvalue weighted by Crippen LogP contribution is -1.94. The third-order valence-corrected chi connectivity index (χ3v) is 2.65. The van der Waals surface area contributed by atoms with Gasteiger partial charge in [-0.1, -0.05) is 30.1 Å². The summed E-state index contributed by atoms with van der Waals surface area (Å²) >= 11 is 17.4. The molecule has 0 aliphatic rings. The van der Waals surface area contributed by atoms with Gasteiger partial charge in [0.2, 0.25) is 0 Å². The van der Waals surface area contributed by atoms with Crippen LogP contribution >= 0.6 is 34.8 Å². The molecule has 0 N–H and O–H groups in total. The van der Waals surface area contributed by atoms with Crippen molar-refractivity contribution in [1.29, 1.82) is 0 Å². The Hall–Kier alpha value is 0.0900. The van der Waals surface area contributed by atoms with Gasteiger partial charge in [0.1, 0.15) is 0 Å². The number of halogens is 3. The van der Waals surface area contributed by atoms with Crippen molar-refractivity contribution < 1.29 is 0 Å². The first-order valence-electron chi connectivity index (χ1n) is 4.15. The quantitative estimate of drug-likeness (QED) is 0.667. The molecule has 1 rings (SSSR count). The van der Waals surface area contributed by atoms with Gasteiger partial charge >= 0.3 is 0 Å². The fourth-order valence-corrected chi connectivity index (χ4v) is 2.06. The first kappa shape index (κ1) is 11.2. The number of hydrogen-bond donors (Lipinski definition) is 0. The van der Waals surface area contributed by atoms with Gasteiger partial charge in [-0.2, -0.15) is 0 Å². The Morgan fingerprint density at radius 1 is 1.15 bits per heavy atom. The maximum atomic E-state index is 5.88. The van der Waals surface area contributed by atoms with E-state index in [9.17, 15) is 0 Å². The Morgan fingerprint density at radius 3 is 2.15 bits per heavy atom. The Bertz CT molecular complexity index is 263. The highest BCUT2D eigenvalue weighted by molar-refractivity contribution is 6.34. The average Bonchev–Trinajstić information content (AvgIpc) is 2.03. The standard InChI is InChI=1S/C10H11Cl3/c1-7(2-3-11)8-4-9(12)6-10(13)5-8/h4-7H,2-3H2,1H3. The molecule has 1 aromatic rings. The summed E-state index contributed by atoms with van der Waals surface area (Å²) in [4.78, 5) is 0. The van der Waals surface area contributed by atoms with Crippen LogP contribution in [0, 0.1) is 0 Å². The van der Waals surface area contributed by atoms with E-state index in [4.69, 9.17) is 34.8 Å². The number of alkyl halides is 1. The fourth-order valence-electron chi connectivity index (χ4n) is 1.19. The SMILES string of the molecule is CC(CCCl)c1cc(Cl)cc(Cl)c1. The van der Waals surface area contributed by atoms with Crippen molar-refractivity contribution in [3.63, 3.8) is 0 Å². The van der Waals surface area contributed by atoms with E-state index >= 15 is 0 Å². The lowest BCUT2D eigenvalue weighted by molar-refractivity contribution is 0.738. The topological polar surface area (TPSA) is 0 Å². The van der Waals surface area contributed by atoms with E-state index < -0.39 is 0 Å². The summed E-state index contributed by atoms with van der Waals surface area (Å²) in [6, 6.07) is 5.61. The smallest absolute Gasteiger partial charge is 0.0423 e. The Balaban J connectivity index is 2.87. The summed E-state index contributed by atoms with van der Waals surface area (Å²) in [6.07, 6.45) is 0.943. The zero-order valence-corrected chi connectivity index (χ0v) is 9.63. The summed E-state index contributed by atoms with van der Waals surface area (Å²) < 4.78 is 0. The Morgan fingerprint density at radius 2 is 1.69 bits per heavy atom. The van der Waals surface area contributed by atoms with Crippen molar-refractivity contribution in [1.82, 2.24) is 0 Å². The number of rotatable bonds is 3. The molecule has 13 heavy (non-hydrogen) atoms. The molecule has 0 saturated carbocycles. The van der Waals surface area contributed by atoms with Gasteiger partial charge in [-0.3, -0.25) is 0 Å². The van der Waals surface area contributed by atoms with E-state index in [1.807, 2.05) is 12.1 Å². The van der Waals surface area contributed by atoms with E-state index in [0.717, 1.165) is 12.0 Å². The molecule has 0 aliphatic heterocycles. The van der Waals surface area contributed by atoms with Crippen molar-refractivity contribution >= 4 is 34.8 Å². The molecular formula is C10H11Cl3. The highest BCUT2D eigenvalue weighted by atomic mass is 35.5. The van der Waals surface area contributed by atoms with Crippen molar-refractivity contribution in [3.8, 4) is 0 Å². The molecule has 0 aliphatic carbocycles. The summed E-state index contributed by atoms with van der Waals surface area (Å²) in [5, 5.41) is 1.37. The average molecular weight is 238 g/mol. The third-order valence-electron chi connectivity index (χ3n) is 2.00. The second-order valence-corrected chi connectivity index (χ2v) is 4.33. The van der Waals surface area contributed by atoms with Gasteiger partial charge in [0.15, 0.2) is 0 Å². The van der Waals surface area contributed by atoms with Crippen molar-refractivity contribution in [2.75, 3.05) is 5.88 Å². The maximum absolute atomic E-state index is 5.88. The van der Waals surface area contributed by atoms with Gasteiger partial charge in [0.25, 0.3) is 0 Å². The van der Waals surface area contributed by atoms with Crippen LogP contribution in [0.1, 0.15) is 24.8 Å². The van der Waals surface area contributed by atoms with E-state index in [1.54, 1.807) is 6.07 Å². The normalized spacial score (nSPS) is 12.9. The predicted molar refractivity (Wildman–Crippen MR) is 60.2 cm³/mol. The second kappa shape index (κ2) is 5.09. The van der Waals surface area contributed by atoms with Crippen LogP contribution in [0.15, 0.2) is 18.2 Å². The Kier molecular flexibility index (Phi) is 4.37. The van der Waals surface area contributed by atoms with E-state index in [0.29, 0.717) is 21.8 Å². The molecule has 0 aromatic heterocycles. The molecule has 0 heterocycles. The molecule has 0 amide bonds. The molecule has 1 atom stereocenters. The molecule has 72 valence electrons. The second-order valence-electron chi connectivity index (χ2n) is 3.08. The van der Waals surface area contributed by atoms with Crippen LogP contribution in [0.25, 0.3) is 0 Å². The number of benzene rings is 1. The molecule has 0 spiro atoms. The summed E-state index contributed by atoms with van der Waals surface area (Å²) in [6.45, 7) is 2.12.